The molecule has 0 amide bonds. The van der Waals surface area contributed by atoms with Crippen LogP contribution in [-0.2, 0) is 14.3 Å². The minimum Gasteiger partial charge on any atom is -0.494 e. The Morgan fingerprint density at radius 2 is 1.75 bits per heavy atom. The van der Waals surface area contributed by atoms with E-state index in [0.717, 1.165) is 76.9 Å². The first-order chi connectivity index (χ1) is 21.3. The standard InChI is InChI=1S/C33H43Cl2N3O6/c1-2-3-4-5-6-12-30(40)44-32(33(41)42)38-28-23-25(15-13-24(28)14-16-29(38)39)43-22-8-7-17-36-18-20-37(21-19-36)27-11-9-10-26(34)31(27)35/h9-11,13-16,23,29,32,39H,2-8,12,17-22H2,1H3,(H,41,42). The van der Waals surface area contributed by atoms with Crippen molar-refractivity contribution < 1.29 is 29.3 Å². The molecule has 2 aromatic carbocycles. The molecule has 2 aliphatic rings. The largest absolute Gasteiger partial charge is 0.494 e. The van der Waals surface area contributed by atoms with Crippen molar-refractivity contribution in [3.63, 3.8) is 0 Å². The zero-order valence-electron chi connectivity index (χ0n) is 25.3. The number of rotatable bonds is 16. The zero-order valence-corrected chi connectivity index (χ0v) is 26.8. The Morgan fingerprint density at radius 3 is 2.50 bits per heavy atom. The highest BCUT2D eigenvalue weighted by Crippen LogP contribution is 2.35. The number of benzene rings is 2. The van der Waals surface area contributed by atoms with Gasteiger partial charge in [-0.15, -0.1) is 0 Å². The number of aliphatic hydroxyl groups is 1. The second kappa shape index (κ2) is 16.9. The molecule has 2 aliphatic heterocycles. The molecule has 2 heterocycles. The maximum Gasteiger partial charge on any atom is 0.367 e. The number of ether oxygens (including phenoxy) is 2. The van der Waals surface area contributed by atoms with Crippen LogP contribution in [0.5, 0.6) is 5.75 Å². The van der Waals surface area contributed by atoms with Crippen LogP contribution >= 0.6 is 23.2 Å². The highest BCUT2D eigenvalue weighted by atomic mass is 35.5. The van der Waals surface area contributed by atoms with Gasteiger partial charge in [0, 0.05) is 38.7 Å². The maximum atomic E-state index is 12.5. The predicted octanol–water partition coefficient (Wildman–Crippen LogP) is 6.44. The van der Waals surface area contributed by atoms with Crippen molar-refractivity contribution in [3.05, 3.63) is 58.1 Å². The van der Waals surface area contributed by atoms with E-state index in [1.807, 2.05) is 18.2 Å². The summed E-state index contributed by atoms with van der Waals surface area (Å²) in [5.74, 6) is -1.40. The molecular formula is C33H43Cl2N3O6. The predicted molar refractivity (Wildman–Crippen MR) is 175 cm³/mol. The van der Waals surface area contributed by atoms with Crippen LogP contribution in [-0.4, -0.2) is 78.8 Å². The topological polar surface area (TPSA) is 103 Å². The number of hydrogen-bond donors (Lipinski definition) is 2. The molecule has 0 aliphatic carbocycles. The van der Waals surface area contributed by atoms with E-state index in [4.69, 9.17) is 32.7 Å². The molecule has 0 radical (unpaired) electrons. The van der Waals surface area contributed by atoms with Gasteiger partial charge in [0.2, 0.25) is 0 Å². The number of esters is 1. The number of carboxylic acid groups (broad SMARTS) is 1. The Kier molecular flexibility index (Phi) is 13.0. The molecule has 0 saturated carbocycles. The quantitative estimate of drug-likeness (QED) is 0.157. The molecule has 1 saturated heterocycles. The third-order valence-corrected chi connectivity index (χ3v) is 8.79. The highest BCUT2D eigenvalue weighted by Gasteiger charge is 2.36. The average Bonchev–Trinajstić information content (AvgIpc) is 3.01. The summed E-state index contributed by atoms with van der Waals surface area (Å²) in [7, 11) is 0. The first-order valence-electron chi connectivity index (χ1n) is 15.5. The third kappa shape index (κ3) is 9.27. The summed E-state index contributed by atoms with van der Waals surface area (Å²) in [4.78, 5) is 30.6. The fourth-order valence-electron chi connectivity index (χ4n) is 5.53. The van der Waals surface area contributed by atoms with E-state index >= 15 is 0 Å². The molecule has 2 N–H and O–H groups in total. The van der Waals surface area contributed by atoms with Crippen molar-refractivity contribution in [2.75, 3.05) is 49.1 Å². The molecule has 9 nitrogen and oxygen atoms in total. The summed E-state index contributed by atoms with van der Waals surface area (Å²) in [5, 5.41) is 21.8. The number of hydrogen-bond acceptors (Lipinski definition) is 8. The Hall–Kier alpha value is -2.98. The number of carboxylic acids is 1. The van der Waals surface area contributed by atoms with Gasteiger partial charge in [-0.2, -0.15) is 0 Å². The van der Waals surface area contributed by atoms with E-state index in [-0.39, 0.29) is 6.42 Å². The van der Waals surface area contributed by atoms with Crippen molar-refractivity contribution in [2.24, 2.45) is 0 Å². The van der Waals surface area contributed by atoms with Crippen LogP contribution in [0.2, 0.25) is 10.0 Å². The first kappa shape index (κ1) is 33.9. The van der Waals surface area contributed by atoms with E-state index in [0.29, 0.717) is 40.1 Å². The summed E-state index contributed by atoms with van der Waals surface area (Å²) in [6, 6.07) is 11.0. The number of fused-ring (bicyclic) bond motifs is 1. The normalized spacial score (nSPS) is 17.3. The lowest BCUT2D eigenvalue weighted by Gasteiger charge is -2.36. The molecule has 0 bridgehead atoms. The van der Waals surface area contributed by atoms with Gasteiger partial charge >= 0.3 is 11.9 Å². The number of piperazine rings is 1. The van der Waals surface area contributed by atoms with Gasteiger partial charge in [-0.25, -0.2) is 4.79 Å². The van der Waals surface area contributed by atoms with E-state index in [9.17, 15) is 19.8 Å². The third-order valence-electron chi connectivity index (χ3n) is 7.99. The van der Waals surface area contributed by atoms with E-state index in [1.165, 1.54) is 11.0 Å². The molecule has 240 valence electrons. The fourth-order valence-corrected chi connectivity index (χ4v) is 5.94. The lowest BCUT2D eigenvalue weighted by atomic mass is 10.1. The summed E-state index contributed by atoms with van der Waals surface area (Å²) in [6.45, 7) is 7.21. The van der Waals surface area contributed by atoms with Crippen LogP contribution in [0, 0.1) is 0 Å². The number of nitrogens with zero attached hydrogens (tertiary/aromatic N) is 3. The Balaban J connectivity index is 1.25. The number of aliphatic hydroxyl groups excluding tert-OH is 1. The van der Waals surface area contributed by atoms with Gasteiger partial charge in [0.1, 0.15) is 12.0 Å². The SMILES string of the molecule is CCCCCCCC(=O)OC(C(=O)O)N1c2cc(OCCCCN3CCN(c4cccc(Cl)c4Cl)CC3)ccc2C=CC1O. The number of anilines is 2. The molecule has 0 aromatic heterocycles. The van der Waals surface area contributed by atoms with Crippen LogP contribution in [0.25, 0.3) is 6.08 Å². The molecule has 11 heteroatoms. The van der Waals surface area contributed by atoms with Gasteiger partial charge in [0.15, 0.2) is 0 Å². The van der Waals surface area contributed by atoms with Crippen LogP contribution in [0.4, 0.5) is 11.4 Å². The highest BCUT2D eigenvalue weighted by molar-refractivity contribution is 6.43. The molecule has 2 aromatic rings. The van der Waals surface area contributed by atoms with E-state index in [1.54, 1.807) is 24.3 Å². The lowest BCUT2D eigenvalue weighted by Crippen LogP contribution is -2.50. The van der Waals surface area contributed by atoms with Crippen LogP contribution in [0.15, 0.2) is 42.5 Å². The number of carbonyl (C=O) groups is 2. The monoisotopic (exact) mass is 647 g/mol. The van der Waals surface area contributed by atoms with Crippen LogP contribution < -0.4 is 14.5 Å². The van der Waals surface area contributed by atoms with Crippen molar-refractivity contribution in [3.8, 4) is 5.75 Å². The second-order valence-electron chi connectivity index (χ2n) is 11.2. The lowest BCUT2D eigenvalue weighted by molar-refractivity contribution is -0.165. The second-order valence-corrected chi connectivity index (χ2v) is 12.0. The minimum atomic E-state index is -1.66. The van der Waals surface area contributed by atoms with Gasteiger partial charge in [-0.05, 0) is 61.7 Å². The summed E-state index contributed by atoms with van der Waals surface area (Å²) >= 11 is 12.6. The Bertz CT molecular complexity index is 1280. The van der Waals surface area contributed by atoms with Crippen molar-refractivity contribution >= 4 is 52.6 Å². The van der Waals surface area contributed by atoms with Gasteiger partial charge in [0.25, 0.3) is 6.23 Å². The van der Waals surface area contributed by atoms with Crippen LogP contribution in [0.1, 0.15) is 63.9 Å². The number of carbonyl (C=O) groups excluding carboxylic acids is 1. The molecule has 4 rings (SSSR count). The van der Waals surface area contributed by atoms with Gasteiger partial charge in [-0.1, -0.05) is 68.0 Å². The van der Waals surface area contributed by atoms with Gasteiger partial charge in [0.05, 0.1) is 28.0 Å². The molecule has 0 spiro atoms. The van der Waals surface area contributed by atoms with Gasteiger partial charge < -0.3 is 24.6 Å². The maximum absolute atomic E-state index is 12.5. The zero-order chi connectivity index (χ0) is 31.5. The van der Waals surface area contributed by atoms with E-state index < -0.39 is 24.4 Å². The summed E-state index contributed by atoms with van der Waals surface area (Å²) in [6.07, 6.45) is 6.93. The molecule has 2 atom stereocenters. The van der Waals surface area contributed by atoms with E-state index in [2.05, 4.69) is 16.7 Å². The summed E-state index contributed by atoms with van der Waals surface area (Å²) in [5.41, 5.74) is 2.10. The van der Waals surface area contributed by atoms with Crippen molar-refractivity contribution in [1.29, 1.82) is 0 Å². The van der Waals surface area contributed by atoms with Gasteiger partial charge in [-0.3, -0.25) is 14.6 Å². The summed E-state index contributed by atoms with van der Waals surface area (Å²) < 4.78 is 11.4. The Morgan fingerprint density at radius 1 is 0.977 bits per heavy atom. The minimum absolute atomic E-state index is 0.134. The number of halogens is 2. The molecular weight excluding hydrogens is 605 g/mol. The molecule has 2 unspecified atom stereocenters. The fraction of sp³-hybridized carbons (Fsp3) is 0.515. The number of aliphatic carboxylic acids is 1. The Labute approximate surface area is 269 Å². The molecule has 44 heavy (non-hydrogen) atoms. The van der Waals surface area contributed by atoms with Crippen molar-refractivity contribution in [1.82, 2.24) is 4.90 Å². The average molecular weight is 649 g/mol. The first-order valence-corrected chi connectivity index (χ1v) is 16.3. The molecule has 1 fully saturated rings. The van der Waals surface area contributed by atoms with Crippen LogP contribution in [0.3, 0.4) is 0 Å². The van der Waals surface area contributed by atoms with Crippen molar-refractivity contribution in [2.45, 2.75) is 70.7 Å². The number of unbranched alkanes of at least 4 members (excludes halogenated alkanes) is 5. The smallest absolute Gasteiger partial charge is 0.367 e.